The van der Waals surface area contributed by atoms with Gasteiger partial charge in [-0.15, -0.1) is 0 Å². The van der Waals surface area contributed by atoms with Gasteiger partial charge in [-0.2, -0.15) is 0 Å². The van der Waals surface area contributed by atoms with E-state index >= 15 is 0 Å². The lowest BCUT2D eigenvalue weighted by atomic mass is 10.2. The number of carboxylic acid groups (broad SMARTS) is 1. The molecule has 0 aliphatic carbocycles. The smallest absolute Gasteiger partial charge is 0.323 e. The Morgan fingerprint density at radius 3 is 2.33 bits per heavy atom. The Morgan fingerprint density at radius 2 is 1.89 bits per heavy atom. The Hall–Kier alpha value is -1.30. The van der Waals surface area contributed by atoms with Gasteiger partial charge in [0.25, 0.3) is 0 Å². The molecule has 0 heterocycles. The maximum Gasteiger partial charge on any atom is 0.323 e. The van der Waals surface area contributed by atoms with Gasteiger partial charge in [-0.3, -0.25) is 4.79 Å². The fraction of sp³-hybridized carbons (Fsp3) is 0.833. The predicted octanol–water partition coefficient (Wildman–Crippen LogP) is 1.16. The van der Waals surface area contributed by atoms with Crippen LogP contribution in [0.25, 0.3) is 0 Å². The molecular weight excluding hydrogens is 236 g/mol. The Balaban J connectivity index is 4.08. The molecule has 106 valence electrons. The highest BCUT2D eigenvalue weighted by molar-refractivity contribution is 5.80. The molecule has 2 amide bonds. The van der Waals surface area contributed by atoms with Gasteiger partial charge in [0.1, 0.15) is 6.54 Å². The molecule has 0 saturated heterocycles. The van der Waals surface area contributed by atoms with E-state index in [1.54, 1.807) is 0 Å². The maximum atomic E-state index is 11.8. The zero-order valence-electron chi connectivity index (χ0n) is 11.6. The monoisotopic (exact) mass is 260 g/mol. The van der Waals surface area contributed by atoms with Gasteiger partial charge in [0.2, 0.25) is 0 Å². The maximum absolute atomic E-state index is 11.8. The Kier molecular flexibility index (Phi) is 8.11. The van der Waals surface area contributed by atoms with Crippen molar-refractivity contribution in [1.29, 1.82) is 0 Å². The van der Waals surface area contributed by atoms with E-state index in [1.165, 1.54) is 4.90 Å². The van der Waals surface area contributed by atoms with Crippen molar-refractivity contribution in [2.45, 2.75) is 33.8 Å². The van der Waals surface area contributed by atoms with Crippen molar-refractivity contribution < 1.29 is 19.4 Å². The number of carboxylic acids is 1. The van der Waals surface area contributed by atoms with E-state index in [0.29, 0.717) is 19.7 Å². The molecule has 0 aliphatic heterocycles. The molecule has 0 aliphatic rings. The molecule has 0 aromatic heterocycles. The summed E-state index contributed by atoms with van der Waals surface area (Å²) < 4.78 is 5.28. The molecule has 0 saturated carbocycles. The fourth-order valence-corrected chi connectivity index (χ4v) is 1.39. The highest BCUT2D eigenvalue weighted by atomic mass is 16.5. The molecule has 0 spiro atoms. The third-order valence-corrected chi connectivity index (χ3v) is 2.03. The zero-order valence-corrected chi connectivity index (χ0v) is 11.6. The highest BCUT2D eigenvalue weighted by Gasteiger charge is 2.17. The minimum Gasteiger partial charge on any atom is -0.480 e. The summed E-state index contributed by atoms with van der Waals surface area (Å²) in [6.07, 6.45) is 0.118. The summed E-state index contributed by atoms with van der Waals surface area (Å²) in [5.41, 5.74) is 0. The second-order valence-electron chi connectivity index (χ2n) is 4.82. The van der Waals surface area contributed by atoms with Crippen LogP contribution in [0, 0.1) is 5.92 Å². The summed E-state index contributed by atoms with van der Waals surface area (Å²) in [4.78, 5) is 23.7. The number of aliphatic carboxylic acids is 1. The van der Waals surface area contributed by atoms with Crippen molar-refractivity contribution in [3.05, 3.63) is 0 Å². The zero-order chi connectivity index (χ0) is 14.1. The van der Waals surface area contributed by atoms with Crippen LogP contribution in [0.2, 0.25) is 0 Å². The molecule has 18 heavy (non-hydrogen) atoms. The summed E-state index contributed by atoms with van der Waals surface area (Å²) in [6.45, 7) is 8.64. The van der Waals surface area contributed by atoms with Crippen molar-refractivity contribution in [3.63, 3.8) is 0 Å². The van der Waals surface area contributed by atoms with Crippen molar-refractivity contribution in [2.75, 3.05) is 26.2 Å². The van der Waals surface area contributed by atoms with Crippen molar-refractivity contribution in [1.82, 2.24) is 10.2 Å². The molecule has 0 aromatic rings. The minimum atomic E-state index is -1.01. The fourth-order valence-electron chi connectivity index (χ4n) is 1.39. The first kappa shape index (κ1) is 16.7. The Morgan fingerprint density at radius 1 is 1.28 bits per heavy atom. The molecule has 0 unspecified atom stereocenters. The lowest BCUT2D eigenvalue weighted by Crippen LogP contribution is -2.45. The Labute approximate surface area is 108 Å². The van der Waals surface area contributed by atoms with Gasteiger partial charge in [0.15, 0.2) is 0 Å². The van der Waals surface area contributed by atoms with Crippen LogP contribution in [-0.2, 0) is 9.53 Å². The van der Waals surface area contributed by atoms with E-state index in [9.17, 15) is 9.59 Å². The number of carbonyl (C=O) groups is 2. The molecule has 6 nitrogen and oxygen atoms in total. The first-order chi connectivity index (χ1) is 8.32. The number of rotatable bonds is 8. The summed E-state index contributed by atoms with van der Waals surface area (Å²) >= 11 is 0. The SMILES string of the molecule is CC(C)CN(CC(=O)O)C(=O)NCCOC(C)C. The topological polar surface area (TPSA) is 78.9 Å². The van der Waals surface area contributed by atoms with E-state index in [4.69, 9.17) is 9.84 Å². The van der Waals surface area contributed by atoms with Crippen LogP contribution in [0.4, 0.5) is 4.79 Å². The lowest BCUT2D eigenvalue weighted by molar-refractivity contribution is -0.137. The van der Waals surface area contributed by atoms with Gasteiger partial charge in [-0.25, -0.2) is 4.79 Å². The molecule has 0 fully saturated rings. The van der Waals surface area contributed by atoms with Crippen LogP contribution in [-0.4, -0.2) is 54.4 Å². The van der Waals surface area contributed by atoms with Gasteiger partial charge >= 0.3 is 12.0 Å². The van der Waals surface area contributed by atoms with E-state index in [1.807, 2.05) is 27.7 Å². The van der Waals surface area contributed by atoms with Crippen molar-refractivity contribution in [3.8, 4) is 0 Å². The van der Waals surface area contributed by atoms with Crippen LogP contribution in [0.5, 0.6) is 0 Å². The second kappa shape index (κ2) is 8.74. The third kappa shape index (κ3) is 8.81. The van der Waals surface area contributed by atoms with Crippen molar-refractivity contribution >= 4 is 12.0 Å². The van der Waals surface area contributed by atoms with E-state index < -0.39 is 5.97 Å². The molecular formula is C12H24N2O4. The molecule has 2 N–H and O–H groups in total. The van der Waals surface area contributed by atoms with Gasteiger partial charge in [-0.1, -0.05) is 13.8 Å². The van der Waals surface area contributed by atoms with Crippen LogP contribution < -0.4 is 5.32 Å². The number of carbonyl (C=O) groups excluding carboxylic acids is 1. The molecule has 0 atom stereocenters. The van der Waals surface area contributed by atoms with Gasteiger partial charge in [0.05, 0.1) is 12.7 Å². The normalized spacial score (nSPS) is 10.8. The van der Waals surface area contributed by atoms with Gasteiger partial charge < -0.3 is 20.1 Å². The molecule has 0 bridgehead atoms. The number of urea groups is 1. The van der Waals surface area contributed by atoms with Crippen LogP contribution in [0.15, 0.2) is 0 Å². The predicted molar refractivity (Wildman–Crippen MR) is 68.5 cm³/mol. The van der Waals surface area contributed by atoms with Gasteiger partial charge in [-0.05, 0) is 19.8 Å². The van der Waals surface area contributed by atoms with E-state index in [-0.39, 0.29) is 24.6 Å². The number of ether oxygens (including phenoxy) is 1. The number of nitrogens with one attached hydrogen (secondary N) is 1. The first-order valence-electron chi connectivity index (χ1n) is 6.19. The summed E-state index contributed by atoms with van der Waals surface area (Å²) in [5, 5.41) is 11.4. The summed E-state index contributed by atoms with van der Waals surface area (Å²) in [7, 11) is 0. The third-order valence-electron chi connectivity index (χ3n) is 2.03. The molecule has 6 heteroatoms. The number of amides is 2. The lowest BCUT2D eigenvalue weighted by Gasteiger charge is -2.23. The van der Waals surface area contributed by atoms with Gasteiger partial charge in [0, 0.05) is 13.1 Å². The summed E-state index contributed by atoms with van der Waals surface area (Å²) in [5.74, 6) is -0.786. The Bertz CT molecular complexity index is 267. The van der Waals surface area contributed by atoms with Crippen molar-refractivity contribution in [2.24, 2.45) is 5.92 Å². The second-order valence-corrected chi connectivity index (χ2v) is 4.82. The minimum absolute atomic E-state index is 0.118. The molecule has 0 aromatic carbocycles. The van der Waals surface area contributed by atoms with Crippen LogP contribution >= 0.6 is 0 Å². The quantitative estimate of drug-likeness (QED) is 0.642. The molecule has 0 rings (SSSR count). The summed E-state index contributed by atoms with van der Waals surface area (Å²) in [6, 6.07) is -0.363. The van der Waals surface area contributed by atoms with E-state index in [2.05, 4.69) is 5.32 Å². The van der Waals surface area contributed by atoms with Crippen LogP contribution in [0.3, 0.4) is 0 Å². The van der Waals surface area contributed by atoms with E-state index in [0.717, 1.165) is 0 Å². The number of hydrogen-bond donors (Lipinski definition) is 2. The van der Waals surface area contributed by atoms with Crippen LogP contribution in [0.1, 0.15) is 27.7 Å². The highest BCUT2D eigenvalue weighted by Crippen LogP contribution is 1.99. The molecule has 0 radical (unpaired) electrons. The average Bonchev–Trinajstić information content (AvgIpc) is 2.21. The average molecular weight is 260 g/mol. The largest absolute Gasteiger partial charge is 0.480 e. The first-order valence-corrected chi connectivity index (χ1v) is 6.19. The number of nitrogens with zero attached hydrogens (tertiary/aromatic N) is 1. The number of hydrogen-bond acceptors (Lipinski definition) is 3. The standard InChI is InChI=1S/C12H24N2O4/c1-9(2)7-14(8-11(15)16)12(17)13-5-6-18-10(3)4/h9-10H,5-8H2,1-4H3,(H,13,17)(H,15,16).